The highest BCUT2D eigenvalue weighted by molar-refractivity contribution is 9.10. The summed E-state index contributed by atoms with van der Waals surface area (Å²) in [7, 11) is 0. The van der Waals surface area contributed by atoms with Gasteiger partial charge in [0.2, 0.25) is 11.8 Å². The summed E-state index contributed by atoms with van der Waals surface area (Å²) in [6.07, 6.45) is 0. The smallest absolute Gasteiger partial charge is 0.270 e. The summed E-state index contributed by atoms with van der Waals surface area (Å²) in [5.74, 6) is 0.612. The van der Waals surface area contributed by atoms with Crippen molar-refractivity contribution in [2.24, 2.45) is 0 Å². The normalized spacial score (nSPS) is 10.5. The maximum Gasteiger partial charge on any atom is 0.270 e. The summed E-state index contributed by atoms with van der Waals surface area (Å²) in [6.45, 7) is 0. The van der Waals surface area contributed by atoms with E-state index in [4.69, 9.17) is 4.42 Å². The van der Waals surface area contributed by atoms with Gasteiger partial charge in [-0.1, -0.05) is 22.0 Å². The van der Waals surface area contributed by atoms with Gasteiger partial charge in [-0.15, -0.1) is 10.2 Å². The lowest BCUT2D eigenvalue weighted by molar-refractivity contribution is -0.384. The molecule has 0 fully saturated rings. The fraction of sp³-hybridized carbons (Fsp3) is 0. The molecule has 6 nitrogen and oxygen atoms in total. The second-order valence-corrected chi connectivity index (χ2v) is 5.14. The van der Waals surface area contributed by atoms with Crippen LogP contribution in [-0.2, 0) is 0 Å². The van der Waals surface area contributed by atoms with Crippen LogP contribution in [0, 0.1) is 10.1 Å². The molecule has 21 heavy (non-hydrogen) atoms. The Hall–Kier alpha value is -2.54. The molecule has 1 heterocycles. The summed E-state index contributed by atoms with van der Waals surface area (Å²) >= 11 is 3.35. The number of rotatable bonds is 3. The first-order valence-electron chi connectivity index (χ1n) is 5.98. The van der Waals surface area contributed by atoms with Crippen molar-refractivity contribution in [3.8, 4) is 22.9 Å². The summed E-state index contributed by atoms with van der Waals surface area (Å²) in [4.78, 5) is 10.3. The molecule has 0 saturated carbocycles. The highest BCUT2D eigenvalue weighted by Gasteiger charge is 2.13. The second kappa shape index (κ2) is 5.45. The van der Waals surface area contributed by atoms with Gasteiger partial charge in [-0.05, 0) is 30.3 Å². The van der Waals surface area contributed by atoms with Crippen molar-refractivity contribution < 1.29 is 9.34 Å². The molecule has 0 bridgehead atoms. The fourth-order valence-electron chi connectivity index (χ4n) is 1.80. The molecule has 0 atom stereocenters. The van der Waals surface area contributed by atoms with E-state index in [2.05, 4.69) is 26.1 Å². The molecule has 0 radical (unpaired) electrons. The molecular weight excluding hydrogens is 338 g/mol. The third kappa shape index (κ3) is 2.82. The zero-order valence-corrected chi connectivity index (χ0v) is 12.1. The van der Waals surface area contributed by atoms with Crippen molar-refractivity contribution in [3.05, 3.63) is 63.1 Å². The second-order valence-electron chi connectivity index (χ2n) is 4.23. The van der Waals surface area contributed by atoms with Crippen LogP contribution in [0.4, 0.5) is 5.69 Å². The van der Waals surface area contributed by atoms with Gasteiger partial charge in [0.1, 0.15) is 0 Å². The van der Waals surface area contributed by atoms with Gasteiger partial charge in [0.15, 0.2) is 0 Å². The minimum atomic E-state index is -0.463. The van der Waals surface area contributed by atoms with Gasteiger partial charge in [0.05, 0.1) is 4.92 Å². The molecule has 3 rings (SSSR count). The summed E-state index contributed by atoms with van der Waals surface area (Å²) < 4.78 is 6.52. The first-order valence-corrected chi connectivity index (χ1v) is 6.77. The van der Waals surface area contributed by atoms with Crippen LogP contribution in [0.25, 0.3) is 22.9 Å². The van der Waals surface area contributed by atoms with Gasteiger partial charge in [0, 0.05) is 27.7 Å². The Morgan fingerprint density at radius 1 is 1.00 bits per heavy atom. The van der Waals surface area contributed by atoms with E-state index < -0.39 is 4.92 Å². The highest BCUT2D eigenvalue weighted by Crippen LogP contribution is 2.26. The van der Waals surface area contributed by atoms with Crippen LogP contribution in [0.1, 0.15) is 0 Å². The third-order valence-corrected chi connectivity index (χ3v) is 3.35. The number of halogens is 1. The number of hydrogen-bond donors (Lipinski definition) is 0. The lowest BCUT2D eigenvalue weighted by Crippen LogP contribution is -1.88. The average Bonchev–Trinajstić information content (AvgIpc) is 2.98. The predicted octanol–water partition coefficient (Wildman–Crippen LogP) is 4.07. The minimum Gasteiger partial charge on any atom is -0.416 e. The molecule has 0 spiro atoms. The molecule has 0 amide bonds. The van der Waals surface area contributed by atoms with E-state index in [0.717, 1.165) is 10.0 Å². The molecular formula is C14H8BrN3O3. The number of benzene rings is 2. The topological polar surface area (TPSA) is 82.1 Å². The molecule has 3 aromatic rings. The summed E-state index contributed by atoms with van der Waals surface area (Å²) in [5.41, 5.74) is 1.28. The molecule has 0 unspecified atom stereocenters. The van der Waals surface area contributed by atoms with Crippen LogP contribution >= 0.6 is 15.9 Å². The Morgan fingerprint density at radius 2 is 1.67 bits per heavy atom. The largest absolute Gasteiger partial charge is 0.416 e. The number of nitrogens with zero attached hydrogens (tertiary/aromatic N) is 3. The summed E-state index contributed by atoms with van der Waals surface area (Å²) in [5, 5.41) is 18.7. The monoisotopic (exact) mass is 345 g/mol. The minimum absolute atomic E-state index is 0.0177. The van der Waals surface area contributed by atoms with Crippen LogP contribution in [0.15, 0.2) is 57.4 Å². The molecule has 0 N–H and O–H groups in total. The van der Waals surface area contributed by atoms with E-state index in [1.54, 1.807) is 12.1 Å². The Kier molecular flexibility index (Phi) is 3.49. The number of non-ortho nitro benzene ring substituents is 1. The lowest BCUT2D eigenvalue weighted by atomic mass is 10.2. The fourth-order valence-corrected chi connectivity index (χ4v) is 2.07. The van der Waals surface area contributed by atoms with Crippen LogP contribution in [0.5, 0.6) is 0 Å². The Morgan fingerprint density at radius 3 is 2.33 bits per heavy atom. The predicted molar refractivity (Wildman–Crippen MR) is 79.5 cm³/mol. The van der Waals surface area contributed by atoms with Crippen molar-refractivity contribution in [1.29, 1.82) is 0 Å². The van der Waals surface area contributed by atoms with Crippen LogP contribution < -0.4 is 0 Å². The molecule has 0 aliphatic rings. The zero-order chi connectivity index (χ0) is 14.8. The summed E-state index contributed by atoms with van der Waals surface area (Å²) in [6, 6.07) is 13.5. The van der Waals surface area contributed by atoms with Gasteiger partial charge in [-0.25, -0.2) is 0 Å². The van der Waals surface area contributed by atoms with Crippen molar-refractivity contribution >= 4 is 21.6 Å². The molecule has 0 saturated heterocycles. The van der Waals surface area contributed by atoms with Gasteiger partial charge in [0.25, 0.3) is 5.69 Å². The number of nitro groups is 1. The number of hydrogen-bond acceptors (Lipinski definition) is 5. The zero-order valence-electron chi connectivity index (χ0n) is 10.6. The quantitative estimate of drug-likeness (QED) is 0.527. The standard InChI is InChI=1S/C14H8BrN3O3/c15-11-6-4-9(5-7-11)13-16-17-14(21-13)10-2-1-3-12(8-10)18(19)20/h1-8H. The Bertz CT molecular complexity index is 799. The van der Waals surface area contributed by atoms with Gasteiger partial charge >= 0.3 is 0 Å². The van der Waals surface area contributed by atoms with Crippen LogP contribution in [0.3, 0.4) is 0 Å². The molecule has 0 aliphatic carbocycles. The lowest BCUT2D eigenvalue weighted by Gasteiger charge is -1.96. The van der Waals surface area contributed by atoms with E-state index >= 15 is 0 Å². The van der Waals surface area contributed by atoms with Crippen molar-refractivity contribution in [3.63, 3.8) is 0 Å². The number of aromatic nitrogens is 2. The Labute approximate surface area is 127 Å². The van der Waals surface area contributed by atoms with Gasteiger partial charge in [-0.2, -0.15) is 0 Å². The third-order valence-electron chi connectivity index (χ3n) is 2.82. The van der Waals surface area contributed by atoms with Crippen molar-refractivity contribution in [2.75, 3.05) is 0 Å². The maximum absolute atomic E-state index is 10.8. The van der Waals surface area contributed by atoms with Crippen molar-refractivity contribution in [1.82, 2.24) is 10.2 Å². The molecule has 0 aliphatic heterocycles. The Balaban J connectivity index is 1.96. The molecule has 7 heteroatoms. The molecule has 104 valence electrons. The SMILES string of the molecule is O=[N+]([O-])c1cccc(-c2nnc(-c3ccc(Br)cc3)o2)c1. The molecule has 2 aromatic carbocycles. The van der Waals surface area contributed by atoms with E-state index in [0.29, 0.717) is 11.5 Å². The van der Waals surface area contributed by atoms with E-state index in [1.807, 2.05) is 24.3 Å². The highest BCUT2D eigenvalue weighted by atomic mass is 79.9. The maximum atomic E-state index is 10.8. The first-order chi connectivity index (χ1) is 10.1. The number of nitro benzene ring substituents is 1. The van der Waals surface area contributed by atoms with Gasteiger partial charge in [-0.3, -0.25) is 10.1 Å². The van der Waals surface area contributed by atoms with E-state index in [-0.39, 0.29) is 11.6 Å². The first kappa shape index (κ1) is 13.4. The van der Waals surface area contributed by atoms with Gasteiger partial charge < -0.3 is 4.42 Å². The average molecular weight is 346 g/mol. The van der Waals surface area contributed by atoms with Crippen LogP contribution in [0.2, 0.25) is 0 Å². The molecule has 1 aromatic heterocycles. The van der Waals surface area contributed by atoms with Crippen LogP contribution in [-0.4, -0.2) is 15.1 Å². The van der Waals surface area contributed by atoms with E-state index in [9.17, 15) is 10.1 Å². The van der Waals surface area contributed by atoms with E-state index in [1.165, 1.54) is 12.1 Å². The van der Waals surface area contributed by atoms with Crippen molar-refractivity contribution in [2.45, 2.75) is 0 Å².